The van der Waals surface area contributed by atoms with Gasteiger partial charge in [0.1, 0.15) is 6.04 Å². The van der Waals surface area contributed by atoms with E-state index in [1.54, 1.807) is 6.20 Å². The zero-order valence-corrected chi connectivity index (χ0v) is 10.7. The fraction of sp³-hybridized carbons (Fsp3) is 0.538. The molecular formula is C13H20N2O2. The van der Waals surface area contributed by atoms with Gasteiger partial charge in [-0.05, 0) is 32.5 Å². The van der Waals surface area contributed by atoms with Gasteiger partial charge in [-0.15, -0.1) is 0 Å². The summed E-state index contributed by atoms with van der Waals surface area (Å²) in [4.78, 5) is 18.0. The Hall–Kier alpha value is -1.42. The van der Waals surface area contributed by atoms with Crippen molar-refractivity contribution in [2.75, 3.05) is 13.2 Å². The molecule has 1 aromatic rings. The van der Waals surface area contributed by atoms with Gasteiger partial charge < -0.3 is 4.74 Å². The fourth-order valence-corrected chi connectivity index (χ4v) is 1.63. The Bertz CT molecular complexity index is 341. The molecule has 0 radical (unpaired) electrons. The first-order valence-electron chi connectivity index (χ1n) is 5.99. The summed E-state index contributed by atoms with van der Waals surface area (Å²) in [5.41, 5.74) is 0.963. The molecule has 1 heterocycles. The zero-order chi connectivity index (χ0) is 12.7. The minimum absolute atomic E-state index is 0.176. The maximum atomic E-state index is 11.6. The Morgan fingerprint density at radius 3 is 2.76 bits per heavy atom. The maximum Gasteiger partial charge on any atom is 0.323 e. The van der Waals surface area contributed by atoms with Crippen LogP contribution in [0.1, 0.15) is 26.5 Å². The van der Waals surface area contributed by atoms with Crippen molar-refractivity contribution in [3.63, 3.8) is 0 Å². The third-order valence-corrected chi connectivity index (χ3v) is 2.67. The van der Waals surface area contributed by atoms with Crippen LogP contribution in [0, 0.1) is 0 Å². The Balaban J connectivity index is 2.62. The lowest BCUT2D eigenvalue weighted by Crippen LogP contribution is -2.39. The first-order valence-corrected chi connectivity index (χ1v) is 5.99. The highest BCUT2D eigenvalue weighted by atomic mass is 16.5. The fourth-order valence-electron chi connectivity index (χ4n) is 1.63. The molecule has 0 aromatic carbocycles. The number of hydrogen-bond donors (Lipinski definition) is 0. The first-order chi connectivity index (χ1) is 8.19. The number of rotatable bonds is 6. The van der Waals surface area contributed by atoms with Crippen LogP contribution in [0.4, 0.5) is 0 Å². The smallest absolute Gasteiger partial charge is 0.323 e. The molecule has 0 saturated heterocycles. The van der Waals surface area contributed by atoms with Gasteiger partial charge in [0.25, 0.3) is 0 Å². The van der Waals surface area contributed by atoms with Gasteiger partial charge >= 0.3 is 5.97 Å². The van der Waals surface area contributed by atoms with E-state index in [4.69, 9.17) is 4.74 Å². The van der Waals surface area contributed by atoms with Crippen LogP contribution in [0.25, 0.3) is 0 Å². The molecule has 1 atom stereocenters. The average Bonchev–Trinajstić information content (AvgIpc) is 2.36. The SMILES string of the molecule is CCOC(=O)C(C)N(CC)Cc1ccccn1. The van der Waals surface area contributed by atoms with Gasteiger partial charge in [0.2, 0.25) is 0 Å². The molecule has 1 aromatic heterocycles. The third-order valence-electron chi connectivity index (χ3n) is 2.67. The Morgan fingerprint density at radius 2 is 2.24 bits per heavy atom. The van der Waals surface area contributed by atoms with E-state index in [2.05, 4.69) is 4.98 Å². The second-order valence-corrected chi connectivity index (χ2v) is 3.81. The van der Waals surface area contributed by atoms with Crippen LogP contribution >= 0.6 is 0 Å². The lowest BCUT2D eigenvalue weighted by atomic mass is 10.2. The normalized spacial score (nSPS) is 12.5. The van der Waals surface area contributed by atoms with Crippen molar-refractivity contribution >= 4 is 5.97 Å². The highest BCUT2D eigenvalue weighted by molar-refractivity contribution is 5.75. The van der Waals surface area contributed by atoms with E-state index in [0.717, 1.165) is 12.2 Å². The highest BCUT2D eigenvalue weighted by Crippen LogP contribution is 2.07. The molecule has 0 saturated carbocycles. The molecule has 1 rings (SSSR count). The lowest BCUT2D eigenvalue weighted by Gasteiger charge is -2.25. The minimum Gasteiger partial charge on any atom is -0.465 e. The molecule has 0 N–H and O–H groups in total. The topological polar surface area (TPSA) is 42.4 Å². The van der Waals surface area contributed by atoms with Crippen LogP contribution in [0.5, 0.6) is 0 Å². The largest absolute Gasteiger partial charge is 0.465 e. The van der Waals surface area contributed by atoms with E-state index in [0.29, 0.717) is 13.2 Å². The van der Waals surface area contributed by atoms with Crippen LogP contribution in [0.15, 0.2) is 24.4 Å². The van der Waals surface area contributed by atoms with E-state index in [1.165, 1.54) is 0 Å². The first kappa shape index (κ1) is 13.6. The summed E-state index contributed by atoms with van der Waals surface area (Å²) in [5.74, 6) is -0.176. The number of esters is 1. The van der Waals surface area contributed by atoms with Gasteiger partial charge in [-0.25, -0.2) is 0 Å². The van der Waals surface area contributed by atoms with E-state index in [9.17, 15) is 4.79 Å². The number of likely N-dealkylation sites (N-methyl/N-ethyl adjacent to an activating group) is 1. The number of ether oxygens (including phenoxy) is 1. The molecule has 0 aliphatic heterocycles. The molecule has 4 heteroatoms. The lowest BCUT2D eigenvalue weighted by molar-refractivity contribution is -0.149. The molecule has 0 aliphatic carbocycles. The number of hydrogen-bond acceptors (Lipinski definition) is 4. The highest BCUT2D eigenvalue weighted by Gasteiger charge is 2.21. The molecule has 17 heavy (non-hydrogen) atoms. The Kier molecular flexibility index (Phi) is 5.63. The van der Waals surface area contributed by atoms with E-state index in [1.807, 2.05) is 43.9 Å². The summed E-state index contributed by atoms with van der Waals surface area (Å²) in [7, 11) is 0. The summed E-state index contributed by atoms with van der Waals surface area (Å²) >= 11 is 0. The molecule has 1 unspecified atom stereocenters. The summed E-state index contributed by atoms with van der Waals surface area (Å²) in [6.45, 7) is 7.58. The van der Waals surface area contributed by atoms with Gasteiger partial charge in [0, 0.05) is 12.7 Å². The molecule has 0 amide bonds. The monoisotopic (exact) mass is 236 g/mol. The third kappa shape index (κ3) is 4.15. The predicted octanol–water partition coefficient (Wildman–Crippen LogP) is 1.86. The van der Waals surface area contributed by atoms with Crippen molar-refractivity contribution in [2.24, 2.45) is 0 Å². The number of aromatic nitrogens is 1. The molecular weight excluding hydrogens is 216 g/mol. The summed E-state index contributed by atoms with van der Waals surface area (Å²) in [6, 6.07) is 5.56. The van der Waals surface area contributed by atoms with Crippen molar-refractivity contribution in [3.8, 4) is 0 Å². The van der Waals surface area contributed by atoms with Crippen molar-refractivity contribution in [2.45, 2.75) is 33.4 Å². The van der Waals surface area contributed by atoms with Crippen molar-refractivity contribution in [1.29, 1.82) is 0 Å². The second-order valence-electron chi connectivity index (χ2n) is 3.81. The zero-order valence-electron chi connectivity index (χ0n) is 10.7. The van der Waals surface area contributed by atoms with E-state index < -0.39 is 0 Å². The van der Waals surface area contributed by atoms with Crippen LogP contribution in [-0.2, 0) is 16.1 Å². The van der Waals surface area contributed by atoms with Crippen LogP contribution in [0.2, 0.25) is 0 Å². The van der Waals surface area contributed by atoms with Crippen LogP contribution in [0.3, 0.4) is 0 Å². The van der Waals surface area contributed by atoms with Crippen molar-refractivity contribution in [3.05, 3.63) is 30.1 Å². The molecule has 4 nitrogen and oxygen atoms in total. The Morgan fingerprint density at radius 1 is 1.47 bits per heavy atom. The van der Waals surface area contributed by atoms with Gasteiger partial charge in [0.05, 0.1) is 12.3 Å². The van der Waals surface area contributed by atoms with Gasteiger partial charge in [-0.3, -0.25) is 14.7 Å². The van der Waals surface area contributed by atoms with Gasteiger partial charge in [-0.2, -0.15) is 0 Å². The van der Waals surface area contributed by atoms with E-state index >= 15 is 0 Å². The summed E-state index contributed by atoms with van der Waals surface area (Å²) in [5, 5.41) is 0. The van der Waals surface area contributed by atoms with Crippen LogP contribution in [-0.4, -0.2) is 35.0 Å². The van der Waals surface area contributed by atoms with Crippen molar-refractivity contribution in [1.82, 2.24) is 9.88 Å². The molecule has 94 valence electrons. The molecule has 0 fully saturated rings. The molecule has 0 bridgehead atoms. The number of carbonyl (C=O) groups excluding carboxylic acids is 1. The quantitative estimate of drug-likeness (QED) is 0.707. The summed E-state index contributed by atoms with van der Waals surface area (Å²) in [6.07, 6.45) is 1.76. The second kappa shape index (κ2) is 7.01. The maximum absolute atomic E-state index is 11.6. The van der Waals surface area contributed by atoms with Gasteiger partial charge in [0.15, 0.2) is 0 Å². The number of pyridine rings is 1. The summed E-state index contributed by atoms with van der Waals surface area (Å²) < 4.78 is 5.02. The number of nitrogens with zero attached hydrogens (tertiary/aromatic N) is 2. The van der Waals surface area contributed by atoms with Crippen LogP contribution < -0.4 is 0 Å². The molecule has 0 spiro atoms. The molecule has 0 aliphatic rings. The van der Waals surface area contributed by atoms with Crippen molar-refractivity contribution < 1.29 is 9.53 Å². The average molecular weight is 236 g/mol. The minimum atomic E-state index is -0.234. The van der Waals surface area contributed by atoms with Gasteiger partial charge in [-0.1, -0.05) is 13.0 Å². The Labute approximate surface area is 103 Å². The predicted molar refractivity (Wildman–Crippen MR) is 66.4 cm³/mol. The standard InChI is InChI=1S/C13H20N2O2/c1-4-15(11(3)13(16)17-5-2)10-12-8-6-7-9-14-12/h6-9,11H,4-5,10H2,1-3H3. The van der Waals surface area contributed by atoms with E-state index in [-0.39, 0.29) is 12.0 Å². The number of carbonyl (C=O) groups is 1.